The van der Waals surface area contributed by atoms with Crippen LogP contribution in [0.1, 0.15) is 37.5 Å². The van der Waals surface area contributed by atoms with E-state index < -0.39 is 0 Å². The molecule has 0 aliphatic rings. The van der Waals surface area contributed by atoms with Gasteiger partial charge in [0.15, 0.2) is 5.82 Å². The highest BCUT2D eigenvalue weighted by Crippen LogP contribution is 2.14. The summed E-state index contributed by atoms with van der Waals surface area (Å²) in [6, 6.07) is 0.0400. The fourth-order valence-electron chi connectivity index (χ4n) is 1.01. The van der Waals surface area contributed by atoms with Crippen LogP contribution in [0.2, 0.25) is 0 Å². The molecule has 2 atom stereocenters. The van der Waals surface area contributed by atoms with Crippen LogP contribution in [0.25, 0.3) is 0 Å². The summed E-state index contributed by atoms with van der Waals surface area (Å²) in [5.41, 5.74) is 11.3. The minimum absolute atomic E-state index is 0.0689. The van der Waals surface area contributed by atoms with Crippen LogP contribution in [0.15, 0.2) is 0 Å². The van der Waals surface area contributed by atoms with Gasteiger partial charge in [0.05, 0.1) is 13.2 Å². The molecule has 0 aromatic carbocycles. The standard InChI is InChI=1S/C9H17N5O/c1-5(4-10)7-12-8(6(2)11)14-9(13-7)15-3/h5-6H,4,10-11H2,1-3H3. The molecule has 1 heterocycles. The quantitative estimate of drug-likeness (QED) is 0.725. The van der Waals surface area contributed by atoms with Crippen molar-refractivity contribution >= 4 is 0 Å². The Balaban J connectivity index is 3.11. The normalized spacial score (nSPS) is 14.7. The Labute approximate surface area is 89.1 Å². The van der Waals surface area contributed by atoms with Gasteiger partial charge >= 0.3 is 6.01 Å². The average Bonchev–Trinajstić information content (AvgIpc) is 2.27. The van der Waals surface area contributed by atoms with E-state index >= 15 is 0 Å². The molecule has 0 bridgehead atoms. The molecule has 6 heteroatoms. The number of nitrogens with two attached hydrogens (primary N) is 2. The second-order valence-electron chi connectivity index (χ2n) is 3.46. The Kier molecular flexibility index (Phi) is 3.93. The van der Waals surface area contributed by atoms with Crippen molar-refractivity contribution in [3.8, 4) is 6.01 Å². The highest BCUT2D eigenvalue weighted by Gasteiger charge is 2.13. The molecule has 0 saturated heterocycles. The van der Waals surface area contributed by atoms with Crippen LogP contribution < -0.4 is 16.2 Å². The molecule has 1 aromatic heterocycles. The molecule has 4 N–H and O–H groups in total. The number of hydrogen-bond acceptors (Lipinski definition) is 6. The molecule has 6 nitrogen and oxygen atoms in total. The molecule has 0 fully saturated rings. The maximum Gasteiger partial charge on any atom is 0.319 e. The summed E-state index contributed by atoms with van der Waals surface area (Å²) in [6.45, 7) is 4.23. The third-order valence-corrected chi connectivity index (χ3v) is 2.03. The summed E-state index contributed by atoms with van der Waals surface area (Å²) in [5, 5.41) is 0. The molecule has 0 amide bonds. The predicted octanol–water partition coefficient (Wildman–Crippen LogP) is -0.0379. The topological polar surface area (TPSA) is 99.9 Å². The lowest BCUT2D eigenvalue weighted by Gasteiger charge is -2.11. The molecular formula is C9H17N5O. The van der Waals surface area contributed by atoms with E-state index in [0.717, 1.165) is 0 Å². The SMILES string of the molecule is COc1nc(C(C)N)nc(C(C)CN)n1. The molecule has 0 radical (unpaired) electrons. The Bertz CT molecular complexity index is 328. The summed E-state index contributed by atoms with van der Waals surface area (Å²) in [4.78, 5) is 12.4. The van der Waals surface area contributed by atoms with Crippen molar-refractivity contribution in [2.75, 3.05) is 13.7 Å². The summed E-state index contributed by atoms with van der Waals surface area (Å²) in [7, 11) is 1.51. The number of nitrogens with zero attached hydrogens (tertiary/aromatic N) is 3. The van der Waals surface area contributed by atoms with Gasteiger partial charge in [-0.1, -0.05) is 6.92 Å². The summed E-state index contributed by atoms with van der Waals surface area (Å²) < 4.78 is 4.98. The number of rotatable bonds is 4. The van der Waals surface area contributed by atoms with Crippen LogP contribution in [0.5, 0.6) is 6.01 Å². The first-order valence-corrected chi connectivity index (χ1v) is 4.84. The number of aromatic nitrogens is 3. The Morgan fingerprint density at radius 3 is 2.27 bits per heavy atom. The fraction of sp³-hybridized carbons (Fsp3) is 0.667. The molecule has 84 valence electrons. The molecule has 1 rings (SSSR count). The zero-order valence-corrected chi connectivity index (χ0v) is 9.27. The van der Waals surface area contributed by atoms with Gasteiger partial charge in [-0.05, 0) is 6.92 Å². The Morgan fingerprint density at radius 2 is 1.80 bits per heavy atom. The van der Waals surface area contributed by atoms with E-state index in [9.17, 15) is 0 Å². The van der Waals surface area contributed by atoms with E-state index in [4.69, 9.17) is 16.2 Å². The molecule has 0 aliphatic heterocycles. The van der Waals surface area contributed by atoms with E-state index in [2.05, 4.69) is 15.0 Å². The van der Waals surface area contributed by atoms with Gasteiger partial charge < -0.3 is 16.2 Å². The first-order valence-electron chi connectivity index (χ1n) is 4.84. The third kappa shape index (κ3) is 2.84. The van der Waals surface area contributed by atoms with Gasteiger partial charge in [-0.25, -0.2) is 4.98 Å². The number of ether oxygens (including phenoxy) is 1. The van der Waals surface area contributed by atoms with Crippen LogP contribution in [0, 0.1) is 0 Å². The largest absolute Gasteiger partial charge is 0.467 e. The van der Waals surface area contributed by atoms with Crippen molar-refractivity contribution in [3.63, 3.8) is 0 Å². The zero-order valence-electron chi connectivity index (χ0n) is 9.27. The fourth-order valence-corrected chi connectivity index (χ4v) is 1.01. The van der Waals surface area contributed by atoms with E-state index in [0.29, 0.717) is 18.2 Å². The first kappa shape index (κ1) is 11.8. The maximum absolute atomic E-state index is 5.71. The maximum atomic E-state index is 5.71. The Hall–Kier alpha value is -1.27. The minimum Gasteiger partial charge on any atom is -0.467 e. The summed E-state index contributed by atoms with van der Waals surface area (Å²) in [5.74, 6) is 1.22. The third-order valence-electron chi connectivity index (χ3n) is 2.03. The average molecular weight is 211 g/mol. The van der Waals surface area contributed by atoms with Gasteiger partial charge in [0.2, 0.25) is 0 Å². The van der Waals surface area contributed by atoms with Crippen LogP contribution in [-0.2, 0) is 0 Å². The lowest BCUT2D eigenvalue weighted by molar-refractivity contribution is 0.370. The van der Waals surface area contributed by atoms with Crippen molar-refractivity contribution in [3.05, 3.63) is 11.6 Å². The van der Waals surface area contributed by atoms with Crippen molar-refractivity contribution in [2.24, 2.45) is 11.5 Å². The monoisotopic (exact) mass is 211 g/mol. The first-order chi connectivity index (χ1) is 7.08. The predicted molar refractivity (Wildman–Crippen MR) is 56.5 cm³/mol. The minimum atomic E-state index is -0.245. The number of hydrogen-bond donors (Lipinski definition) is 2. The summed E-state index contributed by atoms with van der Waals surface area (Å²) in [6.07, 6.45) is 0. The number of methoxy groups -OCH3 is 1. The second-order valence-corrected chi connectivity index (χ2v) is 3.46. The lowest BCUT2D eigenvalue weighted by atomic mass is 10.1. The van der Waals surface area contributed by atoms with Gasteiger partial charge in [-0.15, -0.1) is 0 Å². The van der Waals surface area contributed by atoms with Crippen molar-refractivity contribution in [1.29, 1.82) is 0 Å². The van der Waals surface area contributed by atoms with E-state index in [-0.39, 0.29) is 18.0 Å². The molecule has 1 aromatic rings. The second kappa shape index (κ2) is 4.99. The van der Waals surface area contributed by atoms with E-state index in [1.807, 2.05) is 13.8 Å². The molecule has 15 heavy (non-hydrogen) atoms. The van der Waals surface area contributed by atoms with Crippen LogP contribution in [-0.4, -0.2) is 28.6 Å². The Morgan fingerprint density at radius 1 is 1.20 bits per heavy atom. The highest BCUT2D eigenvalue weighted by atomic mass is 16.5. The highest BCUT2D eigenvalue weighted by molar-refractivity contribution is 5.07. The smallest absolute Gasteiger partial charge is 0.319 e. The molecule has 2 unspecified atom stereocenters. The van der Waals surface area contributed by atoms with Crippen molar-refractivity contribution in [1.82, 2.24) is 15.0 Å². The van der Waals surface area contributed by atoms with E-state index in [1.54, 1.807) is 0 Å². The van der Waals surface area contributed by atoms with Crippen LogP contribution in [0.3, 0.4) is 0 Å². The molecule has 0 aliphatic carbocycles. The molecular weight excluding hydrogens is 194 g/mol. The van der Waals surface area contributed by atoms with Crippen molar-refractivity contribution < 1.29 is 4.74 Å². The van der Waals surface area contributed by atoms with E-state index in [1.165, 1.54) is 7.11 Å². The van der Waals surface area contributed by atoms with Crippen molar-refractivity contribution in [2.45, 2.75) is 25.8 Å². The van der Waals surface area contributed by atoms with Gasteiger partial charge in [-0.2, -0.15) is 9.97 Å². The van der Waals surface area contributed by atoms with Gasteiger partial charge in [0.25, 0.3) is 0 Å². The molecule has 0 saturated carbocycles. The van der Waals surface area contributed by atoms with Gasteiger partial charge in [0, 0.05) is 12.5 Å². The van der Waals surface area contributed by atoms with Crippen LogP contribution >= 0.6 is 0 Å². The summed E-state index contributed by atoms with van der Waals surface area (Å²) >= 11 is 0. The zero-order chi connectivity index (χ0) is 11.4. The lowest BCUT2D eigenvalue weighted by Crippen LogP contribution is -2.18. The molecule has 0 spiro atoms. The van der Waals surface area contributed by atoms with Gasteiger partial charge in [-0.3, -0.25) is 0 Å². The van der Waals surface area contributed by atoms with Gasteiger partial charge in [0.1, 0.15) is 5.82 Å². The van der Waals surface area contributed by atoms with Crippen LogP contribution in [0.4, 0.5) is 0 Å².